The van der Waals surface area contributed by atoms with Gasteiger partial charge in [0, 0.05) is 37.8 Å². The van der Waals surface area contributed by atoms with Crippen molar-refractivity contribution in [1.82, 2.24) is 9.80 Å². The van der Waals surface area contributed by atoms with Crippen LogP contribution >= 0.6 is 12.4 Å². The molecule has 28 heavy (non-hydrogen) atoms. The largest absolute Gasteiger partial charge is 0.341 e. The summed E-state index contributed by atoms with van der Waals surface area (Å²) in [7, 11) is 0. The number of carbonyl (C=O) groups is 2. The van der Waals surface area contributed by atoms with Gasteiger partial charge in [0.05, 0.1) is 5.92 Å². The van der Waals surface area contributed by atoms with E-state index in [0.717, 1.165) is 12.0 Å². The Morgan fingerprint density at radius 3 is 2.04 bits per heavy atom. The second-order valence-electron chi connectivity index (χ2n) is 7.06. The molecule has 1 heterocycles. The molecule has 2 amide bonds. The van der Waals surface area contributed by atoms with Gasteiger partial charge in [0.15, 0.2) is 0 Å². The number of benzene rings is 2. The highest BCUT2D eigenvalue weighted by Gasteiger charge is 2.29. The first-order chi connectivity index (χ1) is 13.1. The molecule has 1 aliphatic rings. The van der Waals surface area contributed by atoms with Gasteiger partial charge in [-0.15, -0.1) is 12.4 Å². The van der Waals surface area contributed by atoms with Crippen molar-refractivity contribution in [2.75, 3.05) is 26.2 Å². The number of carbonyl (C=O) groups excluding carboxylic acids is 2. The molecule has 1 saturated heterocycles. The maximum atomic E-state index is 13.0. The van der Waals surface area contributed by atoms with Gasteiger partial charge in [0.25, 0.3) is 5.91 Å². The Hall–Kier alpha value is -2.37. The second-order valence-corrected chi connectivity index (χ2v) is 7.06. The number of nitrogens with two attached hydrogens (primary N) is 1. The zero-order valence-electron chi connectivity index (χ0n) is 16.2. The summed E-state index contributed by atoms with van der Waals surface area (Å²) >= 11 is 0. The third kappa shape index (κ3) is 5.12. The molecule has 0 aromatic heterocycles. The topological polar surface area (TPSA) is 66.6 Å². The standard InChI is InChI=1S/C22H27N3O2.ClH/c1-17(20(23)18-9-4-2-5-10-18)21(26)24-13-8-14-25(16-15-24)22(27)19-11-6-3-7-12-19;/h2-7,9-12,17,20H,8,13-16,23H2,1H3;1H. The molecule has 1 fully saturated rings. The normalized spacial score (nSPS) is 16.5. The lowest BCUT2D eigenvalue weighted by atomic mass is 9.94. The Kier molecular flexibility index (Phi) is 8.03. The van der Waals surface area contributed by atoms with Gasteiger partial charge in [0.2, 0.25) is 5.91 Å². The molecule has 2 aromatic carbocycles. The molecule has 0 bridgehead atoms. The minimum atomic E-state index is -0.330. The van der Waals surface area contributed by atoms with E-state index in [9.17, 15) is 9.59 Å². The van der Waals surface area contributed by atoms with Crippen LogP contribution in [0.2, 0.25) is 0 Å². The Labute approximate surface area is 172 Å². The van der Waals surface area contributed by atoms with Gasteiger partial charge >= 0.3 is 0 Å². The summed E-state index contributed by atoms with van der Waals surface area (Å²) in [5, 5.41) is 0. The molecule has 0 aliphatic carbocycles. The Bertz CT molecular complexity index is 770. The summed E-state index contributed by atoms with van der Waals surface area (Å²) in [6.07, 6.45) is 0.775. The van der Waals surface area contributed by atoms with Gasteiger partial charge in [-0.05, 0) is 24.1 Å². The van der Waals surface area contributed by atoms with E-state index >= 15 is 0 Å². The molecule has 150 valence electrons. The molecule has 2 unspecified atom stereocenters. The third-order valence-corrected chi connectivity index (χ3v) is 5.23. The quantitative estimate of drug-likeness (QED) is 0.855. The van der Waals surface area contributed by atoms with Crippen LogP contribution in [0.4, 0.5) is 0 Å². The smallest absolute Gasteiger partial charge is 0.253 e. The van der Waals surface area contributed by atoms with Crippen LogP contribution in [0.15, 0.2) is 60.7 Å². The van der Waals surface area contributed by atoms with Crippen LogP contribution in [-0.4, -0.2) is 47.8 Å². The first-order valence-corrected chi connectivity index (χ1v) is 9.51. The first kappa shape index (κ1) is 21.9. The minimum absolute atomic E-state index is 0. The zero-order valence-corrected chi connectivity index (χ0v) is 17.0. The van der Waals surface area contributed by atoms with Crippen molar-refractivity contribution in [2.24, 2.45) is 11.7 Å². The highest BCUT2D eigenvalue weighted by Crippen LogP contribution is 2.22. The van der Waals surface area contributed by atoms with E-state index < -0.39 is 0 Å². The van der Waals surface area contributed by atoms with Crippen molar-refractivity contribution < 1.29 is 9.59 Å². The van der Waals surface area contributed by atoms with Crippen molar-refractivity contribution in [1.29, 1.82) is 0 Å². The fraction of sp³-hybridized carbons (Fsp3) is 0.364. The number of nitrogens with zero attached hydrogens (tertiary/aromatic N) is 2. The number of halogens is 1. The SMILES string of the molecule is CC(C(=O)N1CCCN(C(=O)c2ccccc2)CC1)C(N)c1ccccc1.Cl. The highest BCUT2D eigenvalue weighted by atomic mass is 35.5. The molecule has 1 aliphatic heterocycles. The fourth-order valence-electron chi connectivity index (χ4n) is 3.51. The average Bonchev–Trinajstić information content (AvgIpc) is 2.99. The number of hydrogen-bond donors (Lipinski definition) is 1. The maximum Gasteiger partial charge on any atom is 0.253 e. The molecule has 6 heteroatoms. The van der Waals surface area contributed by atoms with Gasteiger partial charge in [-0.1, -0.05) is 55.5 Å². The van der Waals surface area contributed by atoms with E-state index in [0.29, 0.717) is 31.7 Å². The van der Waals surface area contributed by atoms with E-state index in [1.807, 2.05) is 77.4 Å². The van der Waals surface area contributed by atoms with E-state index in [2.05, 4.69) is 0 Å². The predicted molar refractivity (Wildman–Crippen MR) is 113 cm³/mol. The summed E-state index contributed by atoms with van der Waals surface area (Å²) in [6.45, 7) is 4.30. The number of rotatable bonds is 4. The lowest BCUT2D eigenvalue weighted by molar-refractivity contribution is -0.135. The van der Waals surface area contributed by atoms with Crippen molar-refractivity contribution in [3.8, 4) is 0 Å². The average molecular weight is 402 g/mol. The van der Waals surface area contributed by atoms with Gasteiger partial charge in [-0.2, -0.15) is 0 Å². The molecular formula is C22H28ClN3O2. The van der Waals surface area contributed by atoms with Crippen LogP contribution in [0.3, 0.4) is 0 Å². The summed E-state index contributed by atoms with van der Waals surface area (Å²) in [6, 6.07) is 18.7. The van der Waals surface area contributed by atoms with E-state index in [1.165, 1.54) is 0 Å². The highest BCUT2D eigenvalue weighted by molar-refractivity contribution is 5.94. The molecule has 5 nitrogen and oxygen atoms in total. The second kappa shape index (κ2) is 10.2. The minimum Gasteiger partial charge on any atom is -0.341 e. The van der Waals surface area contributed by atoms with Crippen molar-refractivity contribution in [3.05, 3.63) is 71.8 Å². The molecule has 2 aromatic rings. The van der Waals surface area contributed by atoms with Gasteiger partial charge in [-0.25, -0.2) is 0 Å². The maximum absolute atomic E-state index is 13.0. The summed E-state index contributed by atoms with van der Waals surface area (Å²) in [5.74, 6) is -0.219. The van der Waals surface area contributed by atoms with Crippen molar-refractivity contribution in [3.63, 3.8) is 0 Å². The fourth-order valence-corrected chi connectivity index (χ4v) is 3.51. The monoisotopic (exact) mass is 401 g/mol. The van der Waals surface area contributed by atoms with Crippen molar-refractivity contribution in [2.45, 2.75) is 19.4 Å². The van der Waals surface area contributed by atoms with Gasteiger partial charge in [0.1, 0.15) is 0 Å². The van der Waals surface area contributed by atoms with Crippen LogP contribution in [0.5, 0.6) is 0 Å². The van der Waals surface area contributed by atoms with E-state index in [-0.39, 0.29) is 36.2 Å². The van der Waals surface area contributed by atoms with Crippen molar-refractivity contribution >= 4 is 24.2 Å². The Morgan fingerprint density at radius 1 is 0.857 bits per heavy atom. The molecule has 0 radical (unpaired) electrons. The molecule has 2 N–H and O–H groups in total. The zero-order chi connectivity index (χ0) is 19.2. The Balaban J connectivity index is 0.00000280. The Morgan fingerprint density at radius 2 is 1.39 bits per heavy atom. The molecule has 3 rings (SSSR count). The summed E-state index contributed by atoms with van der Waals surface area (Å²) in [4.78, 5) is 29.3. The third-order valence-electron chi connectivity index (χ3n) is 5.23. The number of hydrogen-bond acceptors (Lipinski definition) is 3. The van der Waals surface area contributed by atoms with Gasteiger partial charge in [-0.3, -0.25) is 9.59 Å². The molecule has 2 atom stereocenters. The van der Waals surface area contributed by atoms with E-state index in [4.69, 9.17) is 5.73 Å². The lowest BCUT2D eigenvalue weighted by Gasteiger charge is -2.27. The predicted octanol–water partition coefficient (Wildman–Crippen LogP) is 3.12. The molecule has 0 saturated carbocycles. The van der Waals surface area contributed by atoms with Crippen LogP contribution < -0.4 is 5.73 Å². The lowest BCUT2D eigenvalue weighted by Crippen LogP contribution is -2.42. The van der Waals surface area contributed by atoms with E-state index in [1.54, 1.807) is 0 Å². The van der Waals surface area contributed by atoms with Gasteiger partial charge < -0.3 is 15.5 Å². The number of amides is 2. The first-order valence-electron chi connectivity index (χ1n) is 9.51. The molecule has 0 spiro atoms. The van der Waals surface area contributed by atoms with Crippen LogP contribution in [0, 0.1) is 5.92 Å². The van der Waals surface area contributed by atoms with Crippen LogP contribution in [0.1, 0.15) is 35.3 Å². The molecular weight excluding hydrogens is 374 g/mol. The summed E-state index contributed by atoms with van der Waals surface area (Å²) in [5.41, 5.74) is 7.98. The van der Waals surface area contributed by atoms with Crippen LogP contribution in [0.25, 0.3) is 0 Å². The van der Waals surface area contributed by atoms with Crippen LogP contribution in [-0.2, 0) is 4.79 Å². The summed E-state index contributed by atoms with van der Waals surface area (Å²) < 4.78 is 0.